The third kappa shape index (κ3) is 2.77. The molecule has 2 atom stereocenters. The van der Waals surface area contributed by atoms with Crippen LogP contribution in [0.2, 0.25) is 0 Å². The van der Waals surface area contributed by atoms with Gasteiger partial charge in [-0.15, -0.1) is 0 Å². The number of rotatable bonds is 3. The van der Waals surface area contributed by atoms with Crippen LogP contribution in [0.25, 0.3) is 0 Å². The Hall–Kier alpha value is 0.140. The van der Waals surface area contributed by atoms with Gasteiger partial charge < -0.3 is 5.32 Å². The molecule has 1 aliphatic rings. The van der Waals surface area contributed by atoms with E-state index >= 15 is 0 Å². The van der Waals surface area contributed by atoms with Gasteiger partial charge in [0.15, 0.2) is 0 Å². The van der Waals surface area contributed by atoms with E-state index in [9.17, 15) is 0 Å². The van der Waals surface area contributed by atoms with Crippen LogP contribution >= 0.6 is 31.9 Å². The van der Waals surface area contributed by atoms with E-state index in [-0.39, 0.29) is 0 Å². The summed E-state index contributed by atoms with van der Waals surface area (Å²) < 4.78 is 2.50. The van der Waals surface area contributed by atoms with E-state index in [1.807, 2.05) is 0 Å². The fourth-order valence-corrected chi connectivity index (χ4v) is 4.02. The Morgan fingerprint density at radius 1 is 1.18 bits per heavy atom. The van der Waals surface area contributed by atoms with Crippen LogP contribution in [0, 0.1) is 0 Å². The van der Waals surface area contributed by atoms with Crippen molar-refractivity contribution in [1.29, 1.82) is 0 Å². The zero-order valence-corrected chi connectivity index (χ0v) is 13.6. The lowest BCUT2D eigenvalue weighted by molar-refractivity contribution is 0.430. The summed E-state index contributed by atoms with van der Waals surface area (Å²) in [5.74, 6) is 0.650. The Balaban J connectivity index is 2.40. The average Bonchev–Trinajstić information content (AvgIpc) is 2.32. The molecule has 1 aromatic carbocycles. The molecule has 0 saturated heterocycles. The Morgan fingerprint density at radius 2 is 1.82 bits per heavy atom. The molecule has 0 heterocycles. The van der Waals surface area contributed by atoms with Crippen molar-refractivity contribution in [3.05, 3.63) is 32.2 Å². The first-order valence-corrected chi connectivity index (χ1v) is 7.95. The van der Waals surface area contributed by atoms with Crippen LogP contribution < -0.4 is 5.32 Å². The minimum atomic E-state index is 0.507. The van der Waals surface area contributed by atoms with Crippen LogP contribution in [0.5, 0.6) is 0 Å². The van der Waals surface area contributed by atoms with E-state index in [2.05, 4.69) is 63.2 Å². The predicted octanol–water partition coefficient (Wildman–Crippen LogP) is 5.15. The molecule has 1 N–H and O–H groups in total. The molecule has 0 saturated carbocycles. The smallest absolute Gasteiger partial charge is 0.0334 e. The average molecular weight is 361 g/mol. The minimum Gasteiger partial charge on any atom is -0.310 e. The maximum atomic E-state index is 3.72. The summed E-state index contributed by atoms with van der Waals surface area (Å²) in [6.07, 6.45) is 3.69. The maximum absolute atomic E-state index is 3.72. The molecule has 0 aromatic heterocycles. The number of fused-ring (bicyclic) bond motifs is 1. The molecule has 3 heteroatoms. The Kier molecular flexibility index (Phi) is 4.67. The summed E-state index contributed by atoms with van der Waals surface area (Å²) in [5, 5.41) is 3.67. The Labute approximate surface area is 121 Å². The second-order valence-electron chi connectivity index (χ2n) is 4.84. The fourth-order valence-electron chi connectivity index (χ4n) is 2.67. The van der Waals surface area contributed by atoms with E-state index in [0.29, 0.717) is 12.0 Å². The minimum absolute atomic E-state index is 0.507. The molecule has 0 fully saturated rings. The maximum Gasteiger partial charge on any atom is 0.0334 e. The second kappa shape index (κ2) is 5.85. The monoisotopic (exact) mass is 359 g/mol. The highest BCUT2D eigenvalue weighted by atomic mass is 79.9. The molecular weight excluding hydrogens is 342 g/mol. The number of halogens is 2. The van der Waals surface area contributed by atoms with Crippen LogP contribution in [0.4, 0.5) is 0 Å². The topological polar surface area (TPSA) is 12.0 Å². The molecule has 94 valence electrons. The first-order chi connectivity index (χ1) is 8.15. The summed E-state index contributed by atoms with van der Waals surface area (Å²) in [6.45, 7) is 5.64. The van der Waals surface area contributed by atoms with Gasteiger partial charge in [0.1, 0.15) is 0 Å². The fraction of sp³-hybridized carbons (Fsp3) is 0.571. The van der Waals surface area contributed by atoms with Gasteiger partial charge in [0.2, 0.25) is 0 Å². The standard InChI is InChI=1S/C14H19Br2N/c1-3-8-17-12-7-4-9(2)13-10(15)5-6-11(16)14(12)13/h5-6,9,12,17H,3-4,7-8H2,1-2H3. The lowest BCUT2D eigenvalue weighted by Crippen LogP contribution is -2.27. The van der Waals surface area contributed by atoms with E-state index in [1.165, 1.54) is 39.3 Å². The van der Waals surface area contributed by atoms with Gasteiger partial charge in [0, 0.05) is 15.0 Å². The molecule has 2 rings (SSSR count). The number of hydrogen-bond donors (Lipinski definition) is 1. The van der Waals surface area contributed by atoms with Crippen LogP contribution in [-0.4, -0.2) is 6.54 Å². The van der Waals surface area contributed by atoms with Gasteiger partial charge >= 0.3 is 0 Å². The third-order valence-electron chi connectivity index (χ3n) is 3.55. The van der Waals surface area contributed by atoms with Gasteiger partial charge in [-0.3, -0.25) is 0 Å². The van der Waals surface area contributed by atoms with E-state index < -0.39 is 0 Å². The van der Waals surface area contributed by atoms with Crippen molar-refractivity contribution in [2.24, 2.45) is 0 Å². The van der Waals surface area contributed by atoms with Crippen LogP contribution in [-0.2, 0) is 0 Å². The Morgan fingerprint density at radius 3 is 2.47 bits per heavy atom. The largest absolute Gasteiger partial charge is 0.310 e. The van der Waals surface area contributed by atoms with Gasteiger partial charge in [-0.2, -0.15) is 0 Å². The number of benzene rings is 1. The number of nitrogens with one attached hydrogen (secondary N) is 1. The molecular formula is C14H19Br2N. The third-order valence-corrected chi connectivity index (χ3v) is 4.93. The normalized spacial score (nSPS) is 23.5. The summed E-state index contributed by atoms with van der Waals surface area (Å²) in [4.78, 5) is 0. The quantitative estimate of drug-likeness (QED) is 0.785. The summed E-state index contributed by atoms with van der Waals surface area (Å²) in [5.41, 5.74) is 2.95. The van der Waals surface area contributed by atoms with Gasteiger partial charge in [-0.25, -0.2) is 0 Å². The molecule has 0 amide bonds. The van der Waals surface area contributed by atoms with Crippen LogP contribution in [0.3, 0.4) is 0 Å². The first-order valence-electron chi connectivity index (χ1n) is 6.36. The summed E-state index contributed by atoms with van der Waals surface area (Å²) in [7, 11) is 0. The summed E-state index contributed by atoms with van der Waals surface area (Å²) in [6, 6.07) is 4.82. The van der Waals surface area contributed by atoms with E-state index in [1.54, 1.807) is 0 Å². The first kappa shape index (κ1) is 13.6. The lowest BCUT2D eigenvalue weighted by atomic mass is 9.81. The lowest BCUT2D eigenvalue weighted by Gasteiger charge is -2.32. The van der Waals surface area contributed by atoms with Crippen molar-refractivity contribution >= 4 is 31.9 Å². The van der Waals surface area contributed by atoms with E-state index in [0.717, 1.165) is 6.54 Å². The highest BCUT2D eigenvalue weighted by molar-refractivity contribution is 9.11. The Bertz CT molecular complexity index is 403. The molecule has 2 unspecified atom stereocenters. The van der Waals surface area contributed by atoms with Gasteiger partial charge in [0.25, 0.3) is 0 Å². The van der Waals surface area contributed by atoms with Crippen molar-refractivity contribution < 1.29 is 0 Å². The van der Waals surface area contributed by atoms with Crippen molar-refractivity contribution in [3.63, 3.8) is 0 Å². The highest BCUT2D eigenvalue weighted by Crippen LogP contribution is 2.44. The molecule has 0 spiro atoms. The number of hydrogen-bond acceptors (Lipinski definition) is 1. The van der Waals surface area contributed by atoms with Gasteiger partial charge in [-0.05, 0) is 55.0 Å². The molecule has 1 nitrogen and oxygen atoms in total. The molecule has 0 bridgehead atoms. The molecule has 1 aliphatic carbocycles. The summed E-state index contributed by atoms with van der Waals surface area (Å²) >= 11 is 7.42. The van der Waals surface area contributed by atoms with Crippen LogP contribution in [0.1, 0.15) is 56.2 Å². The van der Waals surface area contributed by atoms with Gasteiger partial charge in [-0.1, -0.05) is 45.7 Å². The molecule has 0 radical (unpaired) electrons. The predicted molar refractivity (Wildman–Crippen MR) is 80.5 cm³/mol. The molecule has 17 heavy (non-hydrogen) atoms. The zero-order chi connectivity index (χ0) is 12.4. The van der Waals surface area contributed by atoms with Crippen molar-refractivity contribution in [3.8, 4) is 0 Å². The SMILES string of the molecule is CCCNC1CCC(C)c2c(Br)ccc(Br)c21. The highest BCUT2D eigenvalue weighted by Gasteiger charge is 2.27. The van der Waals surface area contributed by atoms with Gasteiger partial charge in [0.05, 0.1) is 0 Å². The molecule has 0 aliphatic heterocycles. The van der Waals surface area contributed by atoms with E-state index in [4.69, 9.17) is 0 Å². The van der Waals surface area contributed by atoms with Crippen molar-refractivity contribution in [2.75, 3.05) is 6.54 Å². The van der Waals surface area contributed by atoms with Crippen molar-refractivity contribution in [2.45, 2.75) is 45.1 Å². The van der Waals surface area contributed by atoms with Crippen LogP contribution in [0.15, 0.2) is 21.1 Å². The molecule has 1 aromatic rings. The zero-order valence-electron chi connectivity index (χ0n) is 10.4. The van der Waals surface area contributed by atoms with Crippen molar-refractivity contribution in [1.82, 2.24) is 5.32 Å². The second-order valence-corrected chi connectivity index (χ2v) is 6.55.